The Labute approximate surface area is 171 Å². The van der Waals surface area contributed by atoms with Crippen molar-refractivity contribution in [1.82, 2.24) is 19.6 Å². The number of rotatable bonds is 5. The van der Waals surface area contributed by atoms with Gasteiger partial charge in [-0.3, -0.25) is 4.79 Å². The van der Waals surface area contributed by atoms with Gasteiger partial charge in [-0.15, -0.1) is 0 Å². The molecule has 29 heavy (non-hydrogen) atoms. The molecule has 0 saturated carbocycles. The van der Waals surface area contributed by atoms with Crippen molar-refractivity contribution in [2.24, 2.45) is 0 Å². The molecule has 2 aromatic carbocycles. The second-order valence-corrected chi connectivity index (χ2v) is 7.46. The third kappa shape index (κ3) is 3.97. The molecule has 0 aliphatic rings. The van der Waals surface area contributed by atoms with Crippen molar-refractivity contribution in [3.8, 4) is 0 Å². The maximum atomic E-state index is 13.0. The van der Waals surface area contributed by atoms with Crippen LogP contribution < -0.4 is 5.32 Å². The van der Waals surface area contributed by atoms with Crippen molar-refractivity contribution in [2.45, 2.75) is 30.2 Å². The summed E-state index contributed by atoms with van der Waals surface area (Å²) < 4.78 is 14.8. The number of anilines is 1. The van der Waals surface area contributed by atoms with Gasteiger partial charge in [-0.05, 0) is 61.9 Å². The lowest BCUT2D eigenvalue weighted by molar-refractivity contribution is 0.102. The molecule has 2 aromatic heterocycles. The van der Waals surface area contributed by atoms with E-state index in [9.17, 15) is 9.18 Å². The van der Waals surface area contributed by atoms with Crippen LogP contribution in [0.2, 0.25) is 0 Å². The molecule has 146 valence electrons. The highest BCUT2D eigenvalue weighted by Crippen LogP contribution is 2.32. The SMILES string of the molecule is CCc1c(C)nc2ncnn2c1Sc1ccc(NC(=O)c2ccc(F)cc2)cc1. The number of amides is 1. The van der Waals surface area contributed by atoms with E-state index in [2.05, 4.69) is 27.3 Å². The Morgan fingerprint density at radius 3 is 2.55 bits per heavy atom. The molecule has 1 N–H and O–H groups in total. The highest BCUT2D eigenvalue weighted by atomic mass is 32.2. The molecule has 0 fully saturated rings. The van der Waals surface area contributed by atoms with Crippen LogP contribution >= 0.6 is 11.8 Å². The maximum absolute atomic E-state index is 13.0. The molecule has 4 aromatic rings. The molecule has 2 heterocycles. The first-order chi connectivity index (χ1) is 14.0. The van der Waals surface area contributed by atoms with Crippen molar-refractivity contribution < 1.29 is 9.18 Å². The first-order valence-corrected chi connectivity index (χ1v) is 9.91. The summed E-state index contributed by atoms with van der Waals surface area (Å²) in [7, 11) is 0. The van der Waals surface area contributed by atoms with Crippen LogP contribution in [0.1, 0.15) is 28.5 Å². The van der Waals surface area contributed by atoms with Crippen molar-refractivity contribution in [3.63, 3.8) is 0 Å². The second-order valence-electron chi connectivity index (χ2n) is 6.39. The van der Waals surface area contributed by atoms with Crippen LogP contribution in [0.25, 0.3) is 5.78 Å². The molecule has 0 aliphatic heterocycles. The van der Waals surface area contributed by atoms with Gasteiger partial charge >= 0.3 is 0 Å². The van der Waals surface area contributed by atoms with Gasteiger partial charge in [0.25, 0.3) is 11.7 Å². The Hall–Kier alpha value is -3.26. The Morgan fingerprint density at radius 1 is 1.14 bits per heavy atom. The topological polar surface area (TPSA) is 72.2 Å². The average molecular weight is 407 g/mol. The van der Waals surface area contributed by atoms with Gasteiger partial charge in [0, 0.05) is 27.4 Å². The number of nitrogens with one attached hydrogen (secondary N) is 1. The fourth-order valence-electron chi connectivity index (χ4n) is 2.99. The number of nitrogens with zero attached hydrogens (tertiary/aromatic N) is 4. The molecule has 0 spiro atoms. The molecule has 0 saturated heterocycles. The summed E-state index contributed by atoms with van der Waals surface area (Å²) in [6.07, 6.45) is 2.34. The van der Waals surface area contributed by atoms with Crippen molar-refractivity contribution in [2.75, 3.05) is 5.32 Å². The molecular formula is C21H18FN5OS. The Kier molecular flexibility index (Phi) is 5.26. The van der Waals surface area contributed by atoms with Gasteiger partial charge in [-0.2, -0.15) is 14.6 Å². The fraction of sp³-hybridized carbons (Fsp3) is 0.143. The molecule has 6 nitrogen and oxygen atoms in total. The van der Waals surface area contributed by atoms with E-state index in [1.165, 1.54) is 30.6 Å². The van der Waals surface area contributed by atoms with Crippen LogP contribution in [0, 0.1) is 12.7 Å². The molecule has 0 aliphatic carbocycles. The molecule has 0 unspecified atom stereocenters. The van der Waals surface area contributed by atoms with Gasteiger partial charge in [0.2, 0.25) is 0 Å². The van der Waals surface area contributed by atoms with E-state index < -0.39 is 0 Å². The van der Waals surface area contributed by atoms with E-state index in [0.717, 1.165) is 27.6 Å². The van der Waals surface area contributed by atoms with E-state index in [1.807, 2.05) is 31.2 Å². The Morgan fingerprint density at radius 2 is 1.86 bits per heavy atom. The Bertz CT molecular complexity index is 1170. The number of halogens is 1. The average Bonchev–Trinajstić information content (AvgIpc) is 3.18. The van der Waals surface area contributed by atoms with Crippen LogP contribution in [0.3, 0.4) is 0 Å². The fourth-order valence-corrected chi connectivity index (χ4v) is 4.12. The molecule has 8 heteroatoms. The maximum Gasteiger partial charge on any atom is 0.255 e. The van der Waals surface area contributed by atoms with Gasteiger partial charge in [0.1, 0.15) is 17.2 Å². The first-order valence-electron chi connectivity index (χ1n) is 9.09. The minimum absolute atomic E-state index is 0.284. The number of aromatic nitrogens is 4. The van der Waals surface area contributed by atoms with E-state index in [0.29, 0.717) is 17.0 Å². The highest BCUT2D eigenvalue weighted by Gasteiger charge is 2.14. The minimum atomic E-state index is -0.373. The van der Waals surface area contributed by atoms with Gasteiger partial charge in [0.15, 0.2) is 0 Å². The summed E-state index contributed by atoms with van der Waals surface area (Å²) in [6, 6.07) is 13.0. The minimum Gasteiger partial charge on any atom is -0.322 e. The van der Waals surface area contributed by atoms with Crippen molar-refractivity contribution in [3.05, 3.63) is 77.5 Å². The van der Waals surface area contributed by atoms with E-state index in [-0.39, 0.29) is 11.7 Å². The number of hydrogen-bond acceptors (Lipinski definition) is 5. The summed E-state index contributed by atoms with van der Waals surface area (Å²) in [5.41, 5.74) is 3.13. The van der Waals surface area contributed by atoms with Gasteiger partial charge in [-0.1, -0.05) is 18.7 Å². The van der Waals surface area contributed by atoms with Crippen LogP contribution in [0.4, 0.5) is 10.1 Å². The Balaban J connectivity index is 1.55. The van der Waals surface area contributed by atoms with Crippen LogP contribution in [-0.2, 0) is 6.42 Å². The number of carbonyl (C=O) groups excluding carboxylic acids is 1. The predicted octanol–water partition coefficient (Wildman–Crippen LogP) is 4.54. The van der Waals surface area contributed by atoms with Crippen molar-refractivity contribution >= 4 is 29.1 Å². The number of benzene rings is 2. The lowest BCUT2D eigenvalue weighted by Crippen LogP contribution is -2.11. The van der Waals surface area contributed by atoms with Gasteiger partial charge in [-0.25, -0.2) is 9.37 Å². The summed E-state index contributed by atoms with van der Waals surface area (Å²) in [6.45, 7) is 4.07. The summed E-state index contributed by atoms with van der Waals surface area (Å²) in [5.74, 6) is -0.0830. The third-order valence-corrected chi connectivity index (χ3v) is 5.59. The second kappa shape index (κ2) is 8.00. The monoisotopic (exact) mass is 407 g/mol. The molecule has 0 bridgehead atoms. The predicted molar refractivity (Wildman–Crippen MR) is 110 cm³/mol. The van der Waals surface area contributed by atoms with Crippen LogP contribution in [-0.4, -0.2) is 25.5 Å². The molecule has 0 atom stereocenters. The zero-order valence-corrected chi connectivity index (χ0v) is 16.7. The molecule has 0 radical (unpaired) electrons. The van der Waals surface area contributed by atoms with E-state index in [1.54, 1.807) is 16.3 Å². The third-order valence-electron chi connectivity index (χ3n) is 4.47. The summed E-state index contributed by atoms with van der Waals surface area (Å²) >= 11 is 1.58. The zero-order chi connectivity index (χ0) is 20.4. The van der Waals surface area contributed by atoms with Crippen LogP contribution in [0.15, 0.2) is 64.8 Å². The lowest BCUT2D eigenvalue weighted by atomic mass is 10.2. The standard InChI is InChI=1S/C21H18FN5OS/c1-3-18-13(2)25-21-23-12-24-27(21)20(18)29-17-10-8-16(9-11-17)26-19(28)14-4-6-15(22)7-5-14/h4-12H,3H2,1-2H3,(H,26,28). The van der Waals surface area contributed by atoms with E-state index in [4.69, 9.17) is 0 Å². The smallest absolute Gasteiger partial charge is 0.255 e. The highest BCUT2D eigenvalue weighted by molar-refractivity contribution is 7.99. The summed E-state index contributed by atoms with van der Waals surface area (Å²) in [4.78, 5) is 22.0. The number of carbonyl (C=O) groups is 1. The largest absolute Gasteiger partial charge is 0.322 e. The normalized spacial score (nSPS) is 11.0. The quantitative estimate of drug-likeness (QED) is 0.492. The van der Waals surface area contributed by atoms with Crippen LogP contribution in [0.5, 0.6) is 0 Å². The number of aryl methyl sites for hydroxylation is 1. The van der Waals surface area contributed by atoms with Gasteiger partial charge in [0.05, 0.1) is 0 Å². The molecule has 1 amide bonds. The lowest BCUT2D eigenvalue weighted by Gasteiger charge is -2.12. The first kappa shape index (κ1) is 19.1. The number of fused-ring (bicyclic) bond motifs is 1. The van der Waals surface area contributed by atoms with E-state index >= 15 is 0 Å². The number of hydrogen-bond donors (Lipinski definition) is 1. The summed E-state index contributed by atoms with van der Waals surface area (Å²) in [5, 5.41) is 8.10. The van der Waals surface area contributed by atoms with Gasteiger partial charge < -0.3 is 5.32 Å². The zero-order valence-electron chi connectivity index (χ0n) is 15.9. The molecular weight excluding hydrogens is 389 g/mol. The molecule has 4 rings (SSSR count). The van der Waals surface area contributed by atoms with Crippen molar-refractivity contribution in [1.29, 1.82) is 0 Å².